The van der Waals surface area contributed by atoms with Crippen LogP contribution in [0.5, 0.6) is 0 Å². The third-order valence-corrected chi connectivity index (χ3v) is 4.82. The van der Waals surface area contributed by atoms with Gasteiger partial charge in [-0.2, -0.15) is 0 Å². The van der Waals surface area contributed by atoms with Gasteiger partial charge < -0.3 is 9.47 Å². The van der Waals surface area contributed by atoms with E-state index in [4.69, 9.17) is 0 Å². The lowest BCUT2D eigenvalue weighted by molar-refractivity contribution is -0.135. The summed E-state index contributed by atoms with van der Waals surface area (Å²) in [7, 11) is 1.63. The van der Waals surface area contributed by atoms with E-state index in [0.717, 1.165) is 5.39 Å². The molecule has 0 aliphatic heterocycles. The molecule has 0 N–H and O–H groups in total. The monoisotopic (exact) mass is 334 g/mol. The highest BCUT2D eigenvalue weighted by molar-refractivity contribution is 5.82. The number of alkyl halides is 2. The number of pyridine rings is 1. The van der Waals surface area contributed by atoms with E-state index in [9.17, 15) is 18.4 Å². The van der Waals surface area contributed by atoms with Gasteiger partial charge in [0, 0.05) is 37.5 Å². The zero-order valence-electron chi connectivity index (χ0n) is 13.5. The molecule has 3 rings (SSSR count). The quantitative estimate of drug-likeness (QED) is 0.866. The van der Waals surface area contributed by atoms with E-state index < -0.39 is 5.92 Å². The summed E-state index contributed by atoms with van der Waals surface area (Å²) in [6.07, 6.45) is 1.81. The molecule has 1 aliphatic rings. The van der Waals surface area contributed by atoms with Crippen molar-refractivity contribution < 1.29 is 13.6 Å². The first-order valence-electron chi connectivity index (χ1n) is 8.09. The van der Waals surface area contributed by atoms with Crippen molar-refractivity contribution >= 4 is 16.7 Å². The second-order valence-corrected chi connectivity index (χ2v) is 6.43. The van der Waals surface area contributed by atoms with Crippen LogP contribution in [0.1, 0.15) is 25.7 Å². The zero-order chi connectivity index (χ0) is 17.3. The van der Waals surface area contributed by atoms with Gasteiger partial charge in [-0.3, -0.25) is 9.59 Å². The second-order valence-electron chi connectivity index (χ2n) is 6.43. The van der Waals surface area contributed by atoms with Crippen LogP contribution in [0, 0.1) is 0 Å². The largest absolute Gasteiger partial charge is 0.341 e. The topological polar surface area (TPSA) is 42.3 Å². The van der Waals surface area contributed by atoms with Crippen molar-refractivity contribution in [1.29, 1.82) is 0 Å². The summed E-state index contributed by atoms with van der Waals surface area (Å²) >= 11 is 0. The summed E-state index contributed by atoms with van der Waals surface area (Å²) in [6.45, 7) is -0.0763. The van der Waals surface area contributed by atoms with Crippen LogP contribution in [0.25, 0.3) is 10.8 Å². The lowest BCUT2D eigenvalue weighted by Gasteiger charge is -2.34. The number of aromatic nitrogens is 1. The minimum Gasteiger partial charge on any atom is -0.341 e. The van der Waals surface area contributed by atoms with E-state index in [1.54, 1.807) is 31.4 Å². The highest BCUT2D eigenvalue weighted by Gasteiger charge is 2.37. The number of halogens is 2. The second kappa shape index (κ2) is 6.34. The molecular weight excluding hydrogens is 314 g/mol. The Morgan fingerprint density at radius 2 is 1.92 bits per heavy atom. The van der Waals surface area contributed by atoms with Gasteiger partial charge in [0.1, 0.15) is 6.54 Å². The first-order valence-corrected chi connectivity index (χ1v) is 8.09. The van der Waals surface area contributed by atoms with Gasteiger partial charge in [-0.05, 0) is 30.4 Å². The predicted molar refractivity (Wildman–Crippen MR) is 88.2 cm³/mol. The molecule has 1 fully saturated rings. The van der Waals surface area contributed by atoms with Crippen molar-refractivity contribution in [2.75, 3.05) is 7.05 Å². The van der Waals surface area contributed by atoms with Crippen molar-refractivity contribution in [3.05, 3.63) is 46.9 Å². The Balaban J connectivity index is 1.73. The molecule has 1 aliphatic carbocycles. The van der Waals surface area contributed by atoms with Gasteiger partial charge in [-0.25, -0.2) is 8.78 Å². The van der Waals surface area contributed by atoms with Crippen LogP contribution >= 0.6 is 0 Å². The number of rotatable bonds is 3. The molecule has 4 nitrogen and oxygen atoms in total. The number of carbonyl (C=O) groups is 1. The molecule has 1 saturated carbocycles. The standard InChI is InChI=1S/C18H20F2N2O2/c1-21(14-6-9-18(19,20)10-7-14)16(23)12-22-11-8-13-4-2-3-5-15(13)17(22)24/h2-5,8,11,14H,6-7,9-10,12H2,1H3. The van der Waals surface area contributed by atoms with Crippen LogP contribution in [0.2, 0.25) is 0 Å². The van der Waals surface area contributed by atoms with Gasteiger partial charge in [0.15, 0.2) is 0 Å². The van der Waals surface area contributed by atoms with E-state index >= 15 is 0 Å². The Morgan fingerprint density at radius 3 is 2.62 bits per heavy atom. The Bertz CT molecular complexity index is 806. The summed E-state index contributed by atoms with van der Waals surface area (Å²) in [5.74, 6) is -2.85. The van der Waals surface area contributed by atoms with E-state index in [1.165, 1.54) is 9.47 Å². The number of likely N-dealkylation sites (N-methyl/N-ethyl adjacent to an activating group) is 1. The van der Waals surface area contributed by atoms with Crippen LogP contribution in [0.15, 0.2) is 41.3 Å². The van der Waals surface area contributed by atoms with Crippen LogP contribution in [0.4, 0.5) is 8.78 Å². The first kappa shape index (κ1) is 16.6. The average molecular weight is 334 g/mol. The number of amides is 1. The van der Waals surface area contributed by atoms with Gasteiger partial charge in [0.2, 0.25) is 11.8 Å². The molecule has 0 spiro atoms. The summed E-state index contributed by atoms with van der Waals surface area (Å²) in [6, 6.07) is 8.82. The molecule has 1 aromatic carbocycles. The normalized spacial score (nSPS) is 17.8. The van der Waals surface area contributed by atoms with Gasteiger partial charge >= 0.3 is 0 Å². The van der Waals surface area contributed by atoms with Crippen LogP contribution < -0.4 is 5.56 Å². The zero-order valence-corrected chi connectivity index (χ0v) is 13.5. The number of benzene rings is 1. The van der Waals surface area contributed by atoms with Crippen molar-refractivity contribution in [2.24, 2.45) is 0 Å². The molecule has 6 heteroatoms. The maximum atomic E-state index is 13.2. The molecule has 2 aromatic rings. The summed E-state index contributed by atoms with van der Waals surface area (Å²) < 4.78 is 27.9. The molecule has 0 atom stereocenters. The molecular formula is C18H20F2N2O2. The van der Waals surface area contributed by atoms with Crippen LogP contribution in [0.3, 0.4) is 0 Å². The third-order valence-electron chi connectivity index (χ3n) is 4.82. The van der Waals surface area contributed by atoms with E-state index in [1.807, 2.05) is 12.1 Å². The predicted octanol–water partition coefficient (Wildman–Crippen LogP) is 3.04. The molecule has 1 aromatic heterocycles. The van der Waals surface area contributed by atoms with E-state index in [2.05, 4.69) is 0 Å². The average Bonchev–Trinajstić information content (AvgIpc) is 2.57. The number of fused-ring (bicyclic) bond motifs is 1. The molecule has 24 heavy (non-hydrogen) atoms. The van der Waals surface area contributed by atoms with Crippen molar-refractivity contribution in [2.45, 2.75) is 44.2 Å². The Morgan fingerprint density at radius 1 is 1.25 bits per heavy atom. The Kier molecular flexibility index (Phi) is 4.39. The summed E-state index contributed by atoms with van der Waals surface area (Å²) in [4.78, 5) is 26.4. The molecule has 0 radical (unpaired) electrons. The number of nitrogens with zero attached hydrogens (tertiary/aromatic N) is 2. The number of carbonyl (C=O) groups excluding carboxylic acids is 1. The molecule has 0 saturated heterocycles. The highest BCUT2D eigenvalue weighted by Crippen LogP contribution is 2.34. The lowest BCUT2D eigenvalue weighted by Crippen LogP contribution is -2.43. The smallest absolute Gasteiger partial charge is 0.258 e. The van der Waals surface area contributed by atoms with Crippen molar-refractivity contribution in [3.63, 3.8) is 0 Å². The molecule has 128 valence electrons. The lowest BCUT2D eigenvalue weighted by atomic mass is 9.91. The minimum atomic E-state index is -2.62. The molecule has 0 bridgehead atoms. The SMILES string of the molecule is CN(C(=O)Cn1ccc2ccccc2c1=O)C1CCC(F)(F)CC1. The van der Waals surface area contributed by atoms with Crippen molar-refractivity contribution in [3.8, 4) is 0 Å². The fourth-order valence-corrected chi connectivity index (χ4v) is 3.23. The minimum absolute atomic E-state index is 0.0763. The Labute approximate surface area is 138 Å². The molecule has 1 heterocycles. The maximum absolute atomic E-state index is 13.2. The Hall–Kier alpha value is -2.24. The van der Waals surface area contributed by atoms with Crippen LogP contribution in [-0.4, -0.2) is 34.4 Å². The maximum Gasteiger partial charge on any atom is 0.258 e. The van der Waals surface area contributed by atoms with Gasteiger partial charge in [0.05, 0.1) is 0 Å². The molecule has 0 unspecified atom stereocenters. The molecule has 1 amide bonds. The van der Waals surface area contributed by atoms with E-state index in [0.29, 0.717) is 18.2 Å². The fraction of sp³-hybridized carbons (Fsp3) is 0.444. The van der Waals surface area contributed by atoms with Gasteiger partial charge in [-0.1, -0.05) is 18.2 Å². The first-order chi connectivity index (χ1) is 11.4. The highest BCUT2D eigenvalue weighted by atomic mass is 19.3. The fourth-order valence-electron chi connectivity index (χ4n) is 3.23. The van der Waals surface area contributed by atoms with Gasteiger partial charge in [-0.15, -0.1) is 0 Å². The summed E-state index contributed by atoms with van der Waals surface area (Å²) in [5, 5.41) is 1.39. The van der Waals surface area contributed by atoms with E-state index in [-0.39, 0.29) is 36.9 Å². The van der Waals surface area contributed by atoms with Gasteiger partial charge in [0.25, 0.3) is 5.56 Å². The number of hydrogen-bond acceptors (Lipinski definition) is 2. The third kappa shape index (κ3) is 3.32. The van der Waals surface area contributed by atoms with Crippen LogP contribution in [-0.2, 0) is 11.3 Å². The number of hydrogen-bond donors (Lipinski definition) is 0. The van der Waals surface area contributed by atoms with Crippen molar-refractivity contribution in [1.82, 2.24) is 9.47 Å². The summed E-state index contributed by atoms with van der Waals surface area (Å²) in [5.41, 5.74) is -0.218.